The van der Waals surface area contributed by atoms with E-state index in [0.717, 1.165) is 23.6 Å². The number of imidazole rings is 1. The van der Waals surface area contributed by atoms with Gasteiger partial charge in [0.05, 0.1) is 12.1 Å². The highest BCUT2D eigenvalue weighted by atomic mass is 19.1. The minimum Gasteiger partial charge on any atom is -0.390 e. The van der Waals surface area contributed by atoms with Gasteiger partial charge < -0.3 is 15.0 Å². The molecule has 4 aromatic rings. The first-order valence-corrected chi connectivity index (χ1v) is 11.5. The SMILES string of the molecule is CCc1cccc(CNC[C@@H](O)[C@H](Cc2cc(F)cc(F)c2)n2ccnc2-c2ccccc2)c1. The second-order valence-electron chi connectivity index (χ2n) is 8.45. The number of rotatable bonds is 10. The summed E-state index contributed by atoms with van der Waals surface area (Å²) in [7, 11) is 0. The van der Waals surface area contributed by atoms with Gasteiger partial charge in [-0.3, -0.25) is 0 Å². The van der Waals surface area contributed by atoms with E-state index in [1.54, 1.807) is 12.4 Å². The first-order chi connectivity index (χ1) is 16.5. The maximum absolute atomic E-state index is 13.9. The maximum atomic E-state index is 13.9. The summed E-state index contributed by atoms with van der Waals surface area (Å²) in [6.07, 6.45) is 3.87. The van der Waals surface area contributed by atoms with Gasteiger partial charge in [0.2, 0.25) is 0 Å². The number of halogens is 2. The van der Waals surface area contributed by atoms with E-state index in [-0.39, 0.29) is 6.42 Å². The molecule has 0 fully saturated rings. The lowest BCUT2D eigenvalue weighted by atomic mass is 9.99. The summed E-state index contributed by atoms with van der Waals surface area (Å²) in [5.74, 6) is -0.575. The zero-order valence-electron chi connectivity index (χ0n) is 19.2. The van der Waals surface area contributed by atoms with E-state index in [2.05, 4.69) is 35.4 Å². The Labute approximate surface area is 198 Å². The first-order valence-electron chi connectivity index (χ1n) is 11.5. The lowest BCUT2D eigenvalue weighted by Gasteiger charge is -2.27. The van der Waals surface area contributed by atoms with Crippen LogP contribution in [0.4, 0.5) is 8.78 Å². The van der Waals surface area contributed by atoms with Crippen LogP contribution in [0, 0.1) is 11.6 Å². The van der Waals surface area contributed by atoms with Crippen molar-refractivity contribution in [3.05, 3.63) is 114 Å². The average Bonchev–Trinajstić information content (AvgIpc) is 3.32. The fourth-order valence-electron chi connectivity index (χ4n) is 4.24. The molecule has 0 saturated carbocycles. The smallest absolute Gasteiger partial charge is 0.140 e. The molecule has 1 heterocycles. The van der Waals surface area contributed by atoms with Gasteiger partial charge in [-0.25, -0.2) is 13.8 Å². The molecule has 4 rings (SSSR count). The third kappa shape index (κ3) is 5.95. The van der Waals surface area contributed by atoms with Gasteiger partial charge in [0.1, 0.15) is 17.5 Å². The highest BCUT2D eigenvalue weighted by molar-refractivity contribution is 5.55. The van der Waals surface area contributed by atoms with Crippen LogP contribution in [-0.4, -0.2) is 27.3 Å². The highest BCUT2D eigenvalue weighted by Gasteiger charge is 2.24. The fraction of sp³-hybridized carbons (Fsp3) is 0.250. The van der Waals surface area contributed by atoms with Gasteiger partial charge in [0.25, 0.3) is 0 Å². The number of aliphatic hydroxyl groups is 1. The van der Waals surface area contributed by atoms with E-state index >= 15 is 0 Å². The van der Waals surface area contributed by atoms with Crippen LogP contribution in [0.15, 0.2) is 85.2 Å². The van der Waals surface area contributed by atoms with Gasteiger partial charge in [-0.15, -0.1) is 0 Å². The Balaban J connectivity index is 1.57. The van der Waals surface area contributed by atoms with Crippen LogP contribution in [0.1, 0.15) is 29.7 Å². The molecule has 3 aromatic carbocycles. The van der Waals surface area contributed by atoms with Crippen molar-refractivity contribution in [2.45, 2.75) is 38.5 Å². The predicted molar refractivity (Wildman–Crippen MR) is 130 cm³/mol. The summed E-state index contributed by atoms with van der Waals surface area (Å²) in [6.45, 7) is 3.04. The lowest BCUT2D eigenvalue weighted by molar-refractivity contribution is 0.110. The van der Waals surface area contributed by atoms with Gasteiger partial charge in [0.15, 0.2) is 0 Å². The number of benzene rings is 3. The Morgan fingerprint density at radius 1 is 0.912 bits per heavy atom. The van der Waals surface area contributed by atoms with Crippen molar-refractivity contribution in [2.24, 2.45) is 0 Å². The van der Waals surface area contributed by atoms with E-state index in [4.69, 9.17) is 0 Å². The molecule has 1 aromatic heterocycles. The van der Waals surface area contributed by atoms with Gasteiger partial charge in [-0.2, -0.15) is 0 Å². The van der Waals surface area contributed by atoms with E-state index in [0.29, 0.717) is 24.5 Å². The van der Waals surface area contributed by atoms with Crippen molar-refractivity contribution in [2.75, 3.05) is 6.54 Å². The van der Waals surface area contributed by atoms with Crippen LogP contribution in [0.5, 0.6) is 0 Å². The van der Waals surface area contributed by atoms with E-state index < -0.39 is 23.8 Å². The molecule has 0 radical (unpaired) electrons. The molecule has 0 spiro atoms. The summed E-state index contributed by atoms with van der Waals surface area (Å²) in [5.41, 5.74) is 3.78. The third-order valence-corrected chi connectivity index (χ3v) is 5.95. The number of aryl methyl sites for hydroxylation is 1. The molecule has 176 valence electrons. The zero-order valence-corrected chi connectivity index (χ0v) is 19.2. The van der Waals surface area contributed by atoms with Gasteiger partial charge in [-0.1, -0.05) is 61.5 Å². The lowest BCUT2D eigenvalue weighted by Crippen LogP contribution is -2.35. The summed E-state index contributed by atoms with van der Waals surface area (Å²) in [6, 6.07) is 21.0. The Morgan fingerprint density at radius 2 is 1.65 bits per heavy atom. The van der Waals surface area contributed by atoms with Crippen LogP contribution in [0.2, 0.25) is 0 Å². The Kier molecular flexibility index (Phi) is 7.83. The van der Waals surface area contributed by atoms with Crippen molar-refractivity contribution < 1.29 is 13.9 Å². The number of hydrogen-bond acceptors (Lipinski definition) is 3. The van der Waals surface area contributed by atoms with Gasteiger partial charge in [-0.05, 0) is 41.7 Å². The van der Waals surface area contributed by atoms with Crippen molar-refractivity contribution in [1.29, 1.82) is 0 Å². The second kappa shape index (κ2) is 11.2. The fourth-order valence-corrected chi connectivity index (χ4v) is 4.24. The molecular weight excluding hydrogens is 432 g/mol. The maximum Gasteiger partial charge on any atom is 0.140 e. The molecule has 34 heavy (non-hydrogen) atoms. The van der Waals surface area contributed by atoms with Crippen molar-refractivity contribution in [1.82, 2.24) is 14.9 Å². The van der Waals surface area contributed by atoms with Gasteiger partial charge >= 0.3 is 0 Å². The molecule has 0 aliphatic heterocycles. The number of aromatic nitrogens is 2. The molecular formula is C28H29F2N3O. The minimum absolute atomic E-state index is 0.249. The molecule has 2 atom stereocenters. The van der Waals surface area contributed by atoms with Crippen LogP contribution in [0.25, 0.3) is 11.4 Å². The Morgan fingerprint density at radius 3 is 2.38 bits per heavy atom. The van der Waals surface area contributed by atoms with E-state index in [1.165, 1.54) is 17.7 Å². The number of hydrogen-bond donors (Lipinski definition) is 2. The molecule has 0 bridgehead atoms. The van der Waals surface area contributed by atoms with E-state index in [9.17, 15) is 13.9 Å². The number of nitrogens with one attached hydrogen (secondary N) is 1. The summed E-state index contributed by atoms with van der Waals surface area (Å²) in [5, 5.41) is 14.6. The monoisotopic (exact) mass is 461 g/mol. The molecule has 4 nitrogen and oxygen atoms in total. The third-order valence-electron chi connectivity index (χ3n) is 5.95. The second-order valence-corrected chi connectivity index (χ2v) is 8.45. The highest BCUT2D eigenvalue weighted by Crippen LogP contribution is 2.26. The normalized spacial score (nSPS) is 13.1. The zero-order chi connectivity index (χ0) is 23.9. The molecule has 6 heteroatoms. The average molecular weight is 462 g/mol. The molecule has 2 N–H and O–H groups in total. The molecule has 0 aliphatic carbocycles. The summed E-state index contributed by atoms with van der Waals surface area (Å²) in [4.78, 5) is 4.50. The predicted octanol–water partition coefficient (Wildman–Crippen LogP) is 5.33. The number of nitrogens with zero attached hydrogens (tertiary/aromatic N) is 2. The van der Waals surface area contributed by atoms with Crippen molar-refractivity contribution in [3.8, 4) is 11.4 Å². The molecule has 0 saturated heterocycles. The van der Waals surface area contributed by atoms with Crippen LogP contribution in [0.3, 0.4) is 0 Å². The van der Waals surface area contributed by atoms with Crippen LogP contribution in [-0.2, 0) is 19.4 Å². The summed E-state index contributed by atoms with van der Waals surface area (Å²) < 4.78 is 29.7. The van der Waals surface area contributed by atoms with Gasteiger partial charge in [0, 0.05) is 37.1 Å². The molecule has 0 amide bonds. The topological polar surface area (TPSA) is 50.1 Å². The van der Waals surface area contributed by atoms with E-state index in [1.807, 2.05) is 41.0 Å². The largest absolute Gasteiger partial charge is 0.390 e. The quantitative estimate of drug-likeness (QED) is 0.336. The van der Waals surface area contributed by atoms with Crippen LogP contribution >= 0.6 is 0 Å². The summed E-state index contributed by atoms with van der Waals surface area (Å²) >= 11 is 0. The van der Waals surface area contributed by atoms with Crippen LogP contribution < -0.4 is 5.32 Å². The van der Waals surface area contributed by atoms with Crippen molar-refractivity contribution >= 4 is 0 Å². The Bertz CT molecular complexity index is 1190. The molecule has 0 aliphatic rings. The minimum atomic E-state index is -0.822. The molecule has 0 unspecified atom stereocenters. The Hall–Kier alpha value is -3.35. The standard InChI is InChI=1S/C28H29F2N3O/c1-2-20-7-6-8-21(13-20)18-31-19-27(34)26(16-22-14-24(29)17-25(30)15-22)33-12-11-32-28(33)23-9-4-3-5-10-23/h3-15,17,26-27,31,34H,2,16,18-19H2,1H3/t26-,27+/m0/s1. The van der Waals surface area contributed by atoms with Crippen molar-refractivity contribution in [3.63, 3.8) is 0 Å². The number of aliphatic hydroxyl groups excluding tert-OH is 1. The first kappa shape index (κ1) is 23.8.